The van der Waals surface area contributed by atoms with Gasteiger partial charge in [-0.2, -0.15) is 0 Å². The maximum Gasteiger partial charge on any atom is 0.328 e. The number of nitrogens with two attached hydrogens (primary N) is 1. The number of rotatable bonds is 7. The van der Waals surface area contributed by atoms with Gasteiger partial charge in [0, 0.05) is 0 Å². The Morgan fingerprint density at radius 1 is 1.17 bits per heavy atom. The van der Waals surface area contributed by atoms with Crippen LogP contribution in [0.25, 0.3) is 0 Å². The van der Waals surface area contributed by atoms with Crippen LogP contribution in [0.3, 0.4) is 0 Å². The second kappa shape index (κ2) is 8.83. The van der Waals surface area contributed by atoms with Crippen molar-refractivity contribution in [3.63, 3.8) is 0 Å². The topological polar surface area (TPSA) is 81.4 Å². The molecule has 0 saturated heterocycles. The maximum atomic E-state index is 12.4. The fourth-order valence-electron chi connectivity index (χ4n) is 2.17. The molecule has 0 aliphatic heterocycles. The van der Waals surface area contributed by atoms with Gasteiger partial charge in [-0.25, -0.2) is 4.79 Å². The zero-order chi connectivity index (χ0) is 18.3. The van der Waals surface area contributed by atoms with Crippen molar-refractivity contribution in [2.45, 2.75) is 59.7 Å². The Labute approximate surface area is 145 Å². The van der Waals surface area contributed by atoms with E-state index in [0.717, 1.165) is 5.56 Å². The number of esters is 1. The molecule has 1 rings (SSSR count). The molecular weight excluding hydrogens is 304 g/mol. The Hall–Kier alpha value is -1.88. The lowest BCUT2D eigenvalue weighted by Crippen LogP contribution is -2.53. The molecule has 0 saturated carbocycles. The van der Waals surface area contributed by atoms with Crippen LogP contribution in [0.1, 0.15) is 46.6 Å². The van der Waals surface area contributed by atoms with E-state index in [1.165, 1.54) is 0 Å². The summed E-state index contributed by atoms with van der Waals surface area (Å²) in [6.07, 6.45) is 0.510. The van der Waals surface area contributed by atoms with Crippen molar-refractivity contribution in [1.29, 1.82) is 0 Å². The van der Waals surface area contributed by atoms with Gasteiger partial charge in [0.1, 0.15) is 12.6 Å². The van der Waals surface area contributed by atoms with Crippen molar-refractivity contribution in [2.75, 3.05) is 0 Å². The minimum atomic E-state index is -0.686. The molecule has 24 heavy (non-hydrogen) atoms. The second-order valence-electron chi connectivity index (χ2n) is 7.63. The van der Waals surface area contributed by atoms with Crippen LogP contribution in [-0.2, 0) is 20.9 Å². The molecule has 0 heterocycles. The second-order valence-corrected chi connectivity index (χ2v) is 7.63. The molecule has 0 spiro atoms. The monoisotopic (exact) mass is 334 g/mol. The van der Waals surface area contributed by atoms with Crippen molar-refractivity contribution in [3.8, 4) is 0 Å². The average molecular weight is 334 g/mol. The largest absolute Gasteiger partial charge is 0.459 e. The third kappa shape index (κ3) is 6.71. The average Bonchev–Trinajstić information content (AvgIpc) is 2.50. The molecule has 2 atom stereocenters. The number of hydrogen-bond donors (Lipinski definition) is 2. The first-order valence-electron chi connectivity index (χ1n) is 8.37. The highest BCUT2D eigenvalue weighted by Gasteiger charge is 2.31. The summed E-state index contributed by atoms with van der Waals surface area (Å²) in [5.74, 6) is -0.516. The lowest BCUT2D eigenvalue weighted by atomic mass is 9.86. The van der Waals surface area contributed by atoms with E-state index in [1.807, 2.05) is 65.0 Å². The summed E-state index contributed by atoms with van der Waals surface area (Å²) in [6, 6.07) is 8.08. The first-order valence-corrected chi connectivity index (χ1v) is 8.37. The number of amides is 1. The highest BCUT2D eigenvalue weighted by molar-refractivity contribution is 5.87. The predicted molar refractivity (Wildman–Crippen MR) is 95.1 cm³/mol. The van der Waals surface area contributed by atoms with Crippen LogP contribution in [-0.4, -0.2) is 24.0 Å². The Morgan fingerprint density at radius 3 is 2.25 bits per heavy atom. The summed E-state index contributed by atoms with van der Waals surface area (Å²) < 4.78 is 5.36. The van der Waals surface area contributed by atoms with Crippen LogP contribution < -0.4 is 11.1 Å². The fourth-order valence-corrected chi connectivity index (χ4v) is 2.17. The van der Waals surface area contributed by atoms with Crippen molar-refractivity contribution >= 4 is 11.9 Å². The Balaban J connectivity index is 2.70. The van der Waals surface area contributed by atoms with Crippen molar-refractivity contribution in [2.24, 2.45) is 17.1 Å². The number of ether oxygens (including phenoxy) is 1. The van der Waals surface area contributed by atoms with E-state index in [1.54, 1.807) is 0 Å². The Kier molecular flexibility index (Phi) is 7.42. The minimum absolute atomic E-state index is 0.190. The van der Waals surface area contributed by atoms with E-state index in [0.29, 0.717) is 6.42 Å². The number of carbonyl (C=O) groups is 2. The first-order chi connectivity index (χ1) is 11.1. The predicted octanol–water partition coefficient (Wildman–Crippen LogP) is 2.63. The number of benzene rings is 1. The van der Waals surface area contributed by atoms with Gasteiger partial charge in [-0.15, -0.1) is 0 Å². The Bertz CT molecular complexity index is 535. The van der Waals surface area contributed by atoms with Gasteiger partial charge in [-0.1, -0.05) is 65.0 Å². The van der Waals surface area contributed by atoms with Gasteiger partial charge < -0.3 is 15.8 Å². The molecular formula is C19H30N2O3. The van der Waals surface area contributed by atoms with Crippen LogP contribution in [0.5, 0.6) is 0 Å². The first kappa shape index (κ1) is 20.2. The van der Waals surface area contributed by atoms with E-state index >= 15 is 0 Å². The molecule has 1 aromatic carbocycles. The summed E-state index contributed by atoms with van der Waals surface area (Å²) >= 11 is 0. The molecule has 0 aromatic heterocycles. The molecule has 3 N–H and O–H groups in total. The van der Waals surface area contributed by atoms with Crippen molar-refractivity contribution < 1.29 is 14.3 Å². The van der Waals surface area contributed by atoms with E-state index in [2.05, 4.69) is 5.32 Å². The molecule has 0 aliphatic rings. The van der Waals surface area contributed by atoms with Gasteiger partial charge >= 0.3 is 5.97 Å². The molecule has 0 unspecified atom stereocenters. The highest BCUT2D eigenvalue weighted by atomic mass is 16.5. The molecule has 134 valence electrons. The summed E-state index contributed by atoms with van der Waals surface area (Å²) in [5.41, 5.74) is 6.51. The lowest BCUT2D eigenvalue weighted by molar-refractivity contribution is -0.150. The molecule has 0 bridgehead atoms. The zero-order valence-electron chi connectivity index (χ0n) is 15.3. The van der Waals surface area contributed by atoms with E-state index in [-0.39, 0.29) is 23.8 Å². The third-order valence-corrected chi connectivity index (χ3v) is 3.75. The number of hydrogen-bond acceptors (Lipinski definition) is 4. The van der Waals surface area contributed by atoms with Crippen molar-refractivity contribution in [3.05, 3.63) is 35.9 Å². The number of nitrogens with one attached hydrogen (secondary N) is 1. The maximum absolute atomic E-state index is 12.4. The summed E-state index contributed by atoms with van der Waals surface area (Å²) in [5, 5.41) is 2.75. The van der Waals surface area contributed by atoms with Crippen LogP contribution in [0.15, 0.2) is 30.3 Å². The van der Waals surface area contributed by atoms with Gasteiger partial charge in [0.05, 0.1) is 6.04 Å². The quantitative estimate of drug-likeness (QED) is 0.751. The molecule has 0 fully saturated rings. The van der Waals surface area contributed by atoms with E-state index in [4.69, 9.17) is 10.5 Å². The molecule has 1 amide bonds. The normalized spacial score (nSPS) is 14.1. The number of carbonyl (C=O) groups excluding carboxylic acids is 2. The summed E-state index contributed by atoms with van der Waals surface area (Å²) in [6.45, 7) is 9.85. The molecule has 1 aromatic rings. The van der Waals surface area contributed by atoms with Crippen LogP contribution in [0.4, 0.5) is 0 Å². The molecule has 0 aliphatic carbocycles. The lowest BCUT2D eigenvalue weighted by Gasteiger charge is -2.28. The van der Waals surface area contributed by atoms with Crippen LogP contribution in [0, 0.1) is 11.3 Å². The van der Waals surface area contributed by atoms with Gasteiger partial charge in [0.15, 0.2) is 0 Å². The molecule has 5 heteroatoms. The fraction of sp³-hybridized carbons (Fsp3) is 0.579. The van der Waals surface area contributed by atoms with Crippen LogP contribution in [0.2, 0.25) is 0 Å². The highest BCUT2D eigenvalue weighted by Crippen LogP contribution is 2.18. The van der Waals surface area contributed by atoms with E-state index < -0.39 is 18.1 Å². The molecule has 0 radical (unpaired) electrons. The minimum Gasteiger partial charge on any atom is -0.459 e. The SMILES string of the molecule is CC(C)C[C@H](NC(=O)[C@@H](N)C(C)(C)C)C(=O)OCc1ccccc1. The van der Waals surface area contributed by atoms with Crippen molar-refractivity contribution in [1.82, 2.24) is 5.32 Å². The van der Waals surface area contributed by atoms with Gasteiger partial charge in [0.25, 0.3) is 0 Å². The van der Waals surface area contributed by atoms with E-state index in [9.17, 15) is 9.59 Å². The molecule has 5 nitrogen and oxygen atoms in total. The van der Waals surface area contributed by atoms with Gasteiger partial charge in [-0.3, -0.25) is 4.79 Å². The zero-order valence-corrected chi connectivity index (χ0v) is 15.3. The smallest absolute Gasteiger partial charge is 0.328 e. The summed E-state index contributed by atoms with van der Waals surface area (Å²) in [7, 11) is 0. The summed E-state index contributed by atoms with van der Waals surface area (Å²) in [4.78, 5) is 24.7. The van der Waals surface area contributed by atoms with Gasteiger partial charge in [-0.05, 0) is 23.3 Å². The van der Waals surface area contributed by atoms with Crippen LogP contribution >= 0.6 is 0 Å². The third-order valence-electron chi connectivity index (χ3n) is 3.75. The standard InChI is InChI=1S/C19H30N2O3/c1-13(2)11-15(21-17(22)16(20)19(3,4)5)18(23)24-12-14-9-7-6-8-10-14/h6-10,13,15-16H,11-12,20H2,1-5H3,(H,21,22)/t15-,16+/m0/s1. The Morgan fingerprint density at radius 2 is 1.75 bits per heavy atom. The van der Waals surface area contributed by atoms with Gasteiger partial charge in [0.2, 0.25) is 5.91 Å².